The second-order valence-corrected chi connectivity index (χ2v) is 14.5. The van der Waals surface area contributed by atoms with Crippen molar-refractivity contribution in [3.05, 3.63) is 53.9 Å². The van der Waals surface area contributed by atoms with Crippen molar-refractivity contribution in [1.82, 2.24) is 30.2 Å². The van der Waals surface area contributed by atoms with Crippen LogP contribution in [0.25, 0.3) is 0 Å². The smallest absolute Gasteiger partial charge is 0.257 e. The molecular formula is C34H44N6O6. The Morgan fingerprint density at radius 2 is 1.85 bits per heavy atom. The van der Waals surface area contributed by atoms with Crippen molar-refractivity contribution >= 4 is 23.6 Å². The van der Waals surface area contributed by atoms with Crippen LogP contribution in [0, 0.1) is 34.5 Å². The summed E-state index contributed by atoms with van der Waals surface area (Å²) in [6.07, 6.45) is 4.37. The van der Waals surface area contributed by atoms with Gasteiger partial charge in [0, 0.05) is 69.9 Å². The minimum atomic E-state index is -0.970. The Balaban J connectivity index is 1.13. The summed E-state index contributed by atoms with van der Waals surface area (Å²) in [5, 5.41) is 10.2. The lowest BCUT2D eigenvalue weighted by molar-refractivity contribution is -0.151. The van der Waals surface area contributed by atoms with Crippen LogP contribution >= 0.6 is 0 Å². The van der Waals surface area contributed by atoms with Gasteiger partial charge < -0.3 is 29.9 Å². The molecule has 1 saturated carbocycles. The molecule has 12 heteroatoms. The highest BCUT2D eigenvalue weighted by molar-refractivity contribution is 5.96. The van der Waals surface area contributed by atoms with Gasteiger partial charge in [0.15, 0.2) is 0 Å². The summed E-state index contributed by atoms with van der Waals surface area (Å²) in [6, 6.07) is 8.93. The molecule has 5 saturated heterocycles. The molecule has 2 aromatic rings. The molecule has 0 radical (unpaired) electrons. The summed E-state index contributed by atoms with van der Waals surface area (Å²) in [5.74, 6) is -1.63. The monoisotopic (exact) mass is 632 g/mol. The lowest BCUT2D eigenvalue weighted by Crippen LogP contribution is -2.65. The first-order chi connectivity index (χ1) is 22.1. The van der Waals surface area contributed by atoms with Gasteiger partial charge in [-0.15, -0.1) is 0 Å². The van der Waals surface area contributed by atoms with E-state index in [4.69, 9.17) is 9.47 Å². The quantitative estimate of drug-likeness (QED) is 0.468. The van der Waals surface area contributed by atoms with Gasteiger partial charge in [0.05, 0.1) is 36.9 Å². The Kier molecular flexibility index (Phi) is 7.91. The van der Waals surface area contributed by atoms with E-state index in [0.717, 1.165) is 18.4 Å². The third kappa shape index (κ3) is 5.38. The first kappa shape index (κ1) is 30.9. The maximum absolute atomic E-state index is 14.2. The topological polar surface area (TPSA) is 135 Å². The molecule has 8 rings (SSSR count). The Hall–Kier alpha value is -3.77. The molecule has 6 fully saturated rings. The molecule has 2 N–H and O–H groups in total. The molecule has 5 atom stereocenters. The number of fused-ring (bicyclic) bond motifs is 3. The Bertz CT molecular complexity index is 1500. The molecule has 6 aliphatic rings. The average Bonchev–Trinajstić information content (AvgIpc) is 3.37. The lowest BCUT2D eigenvalue weighted by Gasteiger charge is -2.50. The number of likely N-dealkylation sites (tertiary alicyclic amines) is 1. The van der Waals surface area contributed by atoms with Crippen molar-refractivity contribution < 1.29 is 28.7 Å². The zero-order valence-corrected chi connectivity index (χ0v) is 26.8. The number of benzene rings is 1. The SMILES string of the molecule is CNC(=O)[C@H]1NC(=O)[C@@H]2CN(C(=O)c3cnn(Cc4ccccc4)c3)CC23CN(C3)C(=O)[C@H]2C([C@H]1OCC1CCOCC1)C2(C)C. The minimum absolute atomic E-state index is 0.0380. The van der Waals surface area contributed by atoms with E-state index in [1.165, 1.54) is 0 Å². The summed E-state index contributed by atoms with van der Waals surface area (Å²) in [7, 11) is 1.55. The highest BCUT2D eigenvalue weighted by Gasteiger charge is 2.70. The Morgan fingerprint density at radius 1 is 1.11 bits per heavy atom. The maximum atomic E-state index is 14.2. The summed E-state index contributed by atoms with van der Waals surface area (Å²) >= 11 is 0. The largest absolute Gasteiger partial charge is 0.381 e. The van der Waals surface area contributed by atoms with E-state index in [9.17, 15) is 19.2 Å². The number of carbonyl (C=O) groups excluding carboxylic acids is 4. The van der Waals surface area contributed by atoms with Crippen LogP contribution in [0.1, 0.15) is 42.6 Å². The summed E-state index contributed by atoms with van der Waals surface area (Å²) in [5.41, 5.74) is 0.546. The number of hydrogen-bond donors (Lipinski definition) is 2. The van der Waals surface area contributed by atoms with Crippen LogP contribution in [0.3, 0.4) is 0 Å². The van der Waals surface area contributed by atoms with Crippen molar-refractivity contribution in [1.29, 1.82) is 0 Å². The lowest BCUT2D eigenvalue weighted by atomic mass is 9.71. The molecule has 1 unspecified atom stereocenters. The molecule has 46 heavy (non-hydrogen) atoms. The van der Waals surface area contributed by atoms with E-state index >= 15 is 0 Å². The molecule has 4 amide bonds. The number of nitrogens with zero attached hydrogens (tertiary/aromatic N) is 4. The third-order valence-electron chi connectivity index (χ3n) is 11.2. The van der Waals surface area contributed by atoms with Gasteiger partial charge in [-0.2, -0.15) is 5.10 Å². The molecule has 2 bridgehead atoms. The number of amides is 4. The number of carbonyl (C=O) groups is 4. The van der Waals surface area contributed by atoms with Crippen molar-refractivity contribution in [3.8, 4) is 0 Å². The van der Waals surface area contributed by atoms with Gasteiger partial charge in [-0.25, -0.2) is 0 Å². The van der Waals surface area contributed by atoms with Crippen LogP contribution in [0.4, 0.5) is 0 Å². The minimum Gasteiger partial charge on any atom is -0.381 e. The highest BCUT2D eigenvalue weighted by Crippen LogP contribution is 2.63. The van der Waals surface area contributed by atoms with Crippen LogP contribution in [-0.2, 0) is 30.4 Å². The van der Waals surface area contributed by atoms with Crippen LogP contribution in [0.5, 0.6) is 0 Å². The summed E-state index contributed by atoms with van der Waals surface area (Å²) in [4.78, 5) is 58.9. The molecule has 1 aromatic carbocycles. The second-order valence-electron chi connectivity index (χ2n) is 14.5. The van der Waals surface area contributed by atoms with Gasteiger partial charge >= 0.3 is 0 Å². The highest BCUT2D eigenvalue weighted by atomic mass is 16.5. The molecule has 5 aliphatic heterocycles. The predicted octanol–water partition coefficient (Wildman–Crippen LogP) is 1.16. The molecule has 246 valence electrons. The molecule has 6 heterocycles. The van der Waals surface area contributed by atoms with E-state index in [2.05, 4.69) is 15.7 Å². The normalized spacial score (nSPS) is 29.9. The van der Waals surface area contributed by atoms with Crippen LogP contribution in [0.2, 0.25) is 0 Å². The van der Waals surface area contributed by atoms with E-state index in [0.29, 0.717) is 51.6 Å². The van der Waals surface area contributed by atoms with Gasteiger partial charge in [0.25, 0.3) is 5.91 Å². The third-order valence-corrected chi connectivity index (χ3v) is 11.2. The van der Waals surface area contributed by atoms with Gasteiger partial charge in [0.1, 0.15) is 6.04 Å². The van der Waals surface area contributed by atoms with E-state index in [1.54, 1.807) is 29.0 Å². The molecule has 1 aliphatic carbocycles. The predicted molar refractivity (Wildman–Crippen MR) is 166 cm³/mol. The fraction of sp³-hybridized carbons (Fsp3) is 0.618. The second kappa shape index (κ2) is 11.8. The molecular weight excluding hydrogens is 588 g/mol. The van der Waals surface area contributed by atoms with Gasteiger partial charge in [0.2, 0.25) is 17.7 Å². The van der Waals surface area contributed by atoms with Gasteiger partial charge in [-0.05, 0) is 29.7 Å². The summed E-state index contributed by atoms with van der Waals surface area (Å²) < 4.78 is 13.8. The fourth-order valence-corrected chi connectivity index (χ4v) is 8.42. The molecule has 12 nitrogen and oxygen atoms in total. The number of ether oxygens (including phenoxy) is 2. The standard InChI is InChI=1S/C34H44N6O6/c1-33(2)25-26(33)32(44)39-19-34(20-39)18-38(31(43)23-13-36-40(15-23)14-21-7-5-4-6-8-21)16-24(34)29(41)37-27(30(42)35-3)28(25)46-17-22-9-11-45-12-10-22/h4-8,13,15,22,24-28H,9-12,14,16-20H2,1-3H3,(H,35,42)(H,37,41)/t24-,25?,26+,27-,28+/m0/s1. The number of aromatic nitrogens is 2. The number of rotatable bonds is 7. The average molecular weight is 633 g/mol. The van der Waals surface area contributed by atoms with Crippen LogP contribution in [-0.4, -0.2) is 108 Å². The first-order valence-corrected chi connectivity index (χ1v) is 16.5. The molecule has 1 aromatic heterocycles. The Labute approximate surface area is 269 Å². The first-order valence-electron chi connectivity index (χ1n) is 16.5. The zero-order valence-electron chi connectivity index (χ0n) is 26.8. The van der Waals surface area contributed by atoms with E-state index < -0.39 is 28.9 Å². The van der Waals surface area contributed by atoms with Crippen LogP contribution < -0.4 is 10.6 Å². The zero-order chi connectivity index (χ0) is 32.2. The van der Waals surface area contributed by atoms with Crippen molar-refractivity contribution in [2.75, 3.05) is 53.0 Å². The van der Waals surface area contributed by atoms with E-state index in [1.807, 2.05) is 49.1 Å². The maximum Gasteiger partial charge on any atom is 0.257 e. The fourth-order valence-electron chi connectivity index (χ4n) is 8.42. The number of hydrogen-bond acceptors (Lipinski definition) is 7. The van der Waals surface area contributed by atoms with Crippen LogP contribution in [0.15, 0.2) is 42.7 Å². The van der Waals surface area contributed by atoms with E-state index in [-0.39, 0.29) is 47.9 Å². The van der Waals surface area contributed by atoms with Gasteiger partial charge in [-0.1, -0.05) is 44.2 Å². The molecule has 1 spiro atoms. The van der Waals surface area contributed by atoms with Gasteiger partial charge in [-0.3, -0.25) is 23.9 Å². The van der Waals surface area contributed by atoms with Crippen molar-refractivity contribution in [2.24, 2.45) is 34.5 Å². The van der Waals surface area contributed by atoms with Crippen molar-refractivity contribution in [3.63, 3.8) is 0 Å². The Morgan fingerprint density at radius 3 is 2.57 bits per heavy atom. The summed E-state index contributed by atoms with van der Waals surface area (Å²) in [6.45, 7) is 7.76. The van der Waals surface area contributed by atoms with Crippen molar-refractivity contribution in [2.45, 2.75) is 45.4 Å². The number of likely N-dealkylation sites (N-methyl/N-ethyl adjacent to an activating group) is 1. The number of nitrogens with one attached hydrogen (secondary N) is 2.